The Morgan fingerprint density at radius 2 is 1.90 bits per heavy atom. The van der Waals surface area contributed by atoms with Crippen molar-refractivity contribution in [2.24, 2.45) is 4.99 Å². The quantitative estimate of drug-likeness (QED) is 0.262. The van der Waals surface area contributed by atoms with Crippen LogP contribution in [0.25, 0.3) is 0 Å². The number of nitrogens with zero attached hydrogens (tertiary/aromatic N) is 1. The standard InChI is InChI=1S/C22H29FN4O2.HI/c1-4-20(29-21-7-5-6-18(23)14-21)15-26-22(24-3)25-13-12-17-8-10-19(11-9-17)27-16(2)28;/h5-11,14,20H,4,12-13,15H2,1-3H3,(H,27,28)(H2,24,25,26);1H. The molecule has 8 heteroatoms. The molecule has 2 rings (SSSR count). The minimum Gasteiger partial charge on any atom is -0.489 e. The minimum absolute atomic E-state index is 0. The number of rotatable bonds is 9. The zero-order chi connectivity index (χ0) is 21.1. The fourth-order valence-corrected chi connectivity index (χ4v) is 2.72. The molecule has 0 aliphatic carbocycles. The topological polar surface area (TPSA) is 74.8 Å². The molecule has 0 heterocycles. The monoisotopic (exact) mass is 528 g/mol. The molecule has 0 spiro atoms. The number of hydrogen-bond donors (Lipinski definition) is 3. The van der Waals surface area contributed by atoms with Crippen molar-refractivity contribution in [2.45, 2.75) is 32.8 Å². The average Bonchev–Trinajstić information content (AvgIpc) is 2.70. The summed E-state index contributed by atoms with van der Waals surface area (Å²) in [6.07, 6.45) is 1.50. The van der Waals surface area contributed by atoms with Crippen molar-refractivity contribution in [3.63, 3.8) is 0 Å². The van der Waals surface area contributed by atoms with Gasteiger partial charge < -0.3 is 20.7 Å². The third-order valence-electron chi connectivity index (χ3n) is 4.26. The lowest BCUT2D eigenvalue weighted by molar-refractivity contribution is -0.114. The summed E-state index contributed by atoms with van der Waals surface area (Å²) < 4.78 is 19.1. The van der Waals surface area contributed by atoms with Crippen LogP contribution in [0.5, 0.6) is 5.75 Å². The fourth-order valence-electron chi connectivity index (χ4n) is 2.72. The van der Waals surface area contributed by atoms with Gasteiger partial charge in [0.25, 0.3) is 0 Å². The highest BCUT2D eigenvalue weighted by atomic mass is 127. The van der Waals surface area contributed by atoms with E-state index in [1.165, 1.54) is 19.1 Å². The van der Waals surface area contributed by atoms with Crippen LogP contribution in [0.4, 0.5) is 10.1 Å². The number of halogens is 2. The summed E-state index contributed by atoms with van der Waals surface area (Å²) in [5, 5.41) is 9.27. The van der Waals surface area contributed by atoms with Gasteiger partial charge in [0.1, 0.15) is 17.7 Å². The smallest absolute Gasteiger partial charge is 0.221 e. The van der Waals surface area contributed by atoms with E-state index < -0.39 is 0 Å². The highest BCUT2D eigenvalue weighted by molar-refractivity contribution is 14.0. The first-order valence-corrected chi connectivity index (χ1v) is 9.73. The van der Waals surface area contributed by atoms with Gasteiger partial charge in [0.2, 0.25) is 5.91 Å². The normalized spacial score (nSPS) is 11.8. The molecule has 0 bridgehead atoms. The second-order valence-corrected chi connectivity index (χ2v) is 6.61. The molecule has 6 nitrogen and oxygen atoms in total. The largest absolute Gasteiger partial charge is 0.489 e. The van der Waals surface area contributed by atoms with Crippen molar-refractivity contribution in [1.82, 2.24) is 10.6 Å². The van der Waals surface area contributed by atoms with E-state index in [-0.39, 0.29) is 41.8 Å². The average molecular weight is 528 g/mol. The van der Waals surface area contributed by atoms with Gasteiger partial charge in [0, 0.05) is 32.3 Å². The third-order valence-corrected chi connectivity index (χ3v) is 4.26. The molecule has 1 amide bonds. The Hall–Kier alpha value is -2.36. The molecule has 164 valence electrons. The van der Waals surface area contributed by atoms with Crippen LogP contribution in [-0.4, -0.2) is 38.1 Å². The molecule has 0 saturated carbocycles. The molecule has 2 aromatic rings. The van der Waals surface area contributed by atoms with Crippen molar-refractivity contribution < 1.29 is 13.9 Å². The SMILES string of the molecule is CCC(CNC(=NC)NCCc1ccc(NC(C)=O)cc1)Oc1cccc(F)c1.I. The summed E-state index contributed by atoms with van der Waals surface area (Å²) in [5.41, 5.74) is 1.94. The molecule has 2 aromatic carbocycles. The van der Waals surface area contributed by atoms with Crippen LogP contribution in [0.2, 0.25) is 0 Å². The second kappa shape index (κ2) is 13.8. The van der Waals surface area contributed by atoms with Crippen molar-refractivity contribution >= 4 is 41.5 Å². The molecule has 0 aliphatic rings. The van der Waals surface area contributed by atoms with E-state index in [4.69, 9.17) is 4.74 Å². The lowest BCUT2D eigenvalue weighted by Crippen LogP contribution is -2.43. The first kappa shape index (κ1) is 25.7. The first-order chi connectivity index (χ1) is 14.0. The van der Waals surface area contributed by atoms with Gasteiger partial charge in [-0.1, -0.05) is 25.1 Å². The first-order valence-electron chi connectivity index (χ1n) is 9.73. The Kier molecular flexibility index (Phi) is 11.8. The van der Waals surface area contributed by atoms with Crippen LogP contribution < -0.4 is 20.7 Å². The maximum absolute atomic E-state index is 13.3. The van der Waals surface area contributed by atoms with E-state index >= 15 is 0 Å². The predicted molar refractivity (Wildman–Crippen MR) is 130 cm³/mol. The third kappa shape index (κ3) is 9.43. The van der Waals surface area contributed by atoms with E-state index in [1.54, 1.807) is 19.2 Å². The van der Waals surface area contributed by atoms with Gasteiger partial charge in [-0.05, 0) is 42.7 Å². The van der Waals surface area contributed by atoms with Gasteiger partial charge in [0.05, 0.1) is 6.54 Å². The summed E-state index contributed by atoms with van der Waals surface area (Å²) in [5.74, 6) is 0.805. The summed E-state index contributed by atoms with van der Waals surface area (Å²) >= 11 is 0. The van der Waals surface area contributed by atoms with E-state index in [9.17, 15) is 9.18 Å². The summed E-state index contributed by atoms with van der Waals surface area (Å²) in [4.78, 5) is 15.3. The molecular formula is C22H30FIN4O2. The maximum Gasteiger partial charge on any atom is 0.221 e. The molecule has 0 fully saturated rings. The van der Waals surface area contributed by atoms with Crippen LogP contribution in [0.15, 0.2) is 53.5 Å². The van der Waals surface area contributed by atoms with Crippen molar-refractivity contribution in [2.75, 3.05) is 25.5 Å². The van der Waals surface area contributed by atoms with Gasteiger partial charge in [0.15, 0.2) is 5.96 Å². The van der Waals surface area contributed by atoms with E-state index in [0.29, 0.717) is 24.8 Å². The van der Waals surface area contributed by atoms with E-state index in [1.807, 2.05) is 31.2 Å². The number of carbonyl (C=O) groups is 1. The zero-order valence-electron chi connectivity index (χ0n) is 17.6. The molecule has 0 radical (unpaired) electrons. The second-order valence-electron chi connectivity index (χ2n) is 6.61. The Morgan fingerprint density at radius 3 is 2.50 bits per heavy atom. The van der Waals surface area contributed by atoms with Crippen LogP contribution in [0.3, 0.4) is 0 Å². The maximum atomic E-state index is 13.3. The number of benzene rings is 2. The lowest BCUT2D eigenvalue weighted by atomic mass is 10.1. The molecule has 0 saturated heterocycles. The number of aliphatic imine (C=N–C) groups is 1. The molecule has 1 unspecified atom stereocenters. The number of ether oxygens (including phenoxy) is 1. The van der Waals surface area contributed by atoms with E-state index in [0.717, 1.165) is 24.1 Å². The molecular weight excluding hydrogens is 498 g/mol. The number of amides is 1. The molecule has 3 N–H and O–H groups in total. The summed E-state index contributed by atoms with van der Waals surface area (Å²) in [6, 6.07) is 13.9. The Bertz CT molecular complexity index is 815. The van der Waals surface area contributed by atoms with Crippen LogP contribution in [0, 0.1) is 5.82 Å². The molecule has 0 aliphatic heterocycles. The van der Waals surface area contributed by atoms with Crippen LogP contribution in [-0.2, 0) is 11.2 Å². The summed E-state index contributed by atoms with van der Waals surface area (Å²) in [6.45, 7) is 4.77. The lowest BCUT2D eigenvalue weighted by Gasteiger charge is -2.20. The Balaban J connectivity index is 0.00000450. The van der Waals surface area contributed by atoms with Gasteiger partial charge in [-0.3, -0.25) is 9.79 Å². The van der Waals surface area contributed by atoms with Crippen molar-refractivity contribution in [3.8, 4) is 5.75 Å². The minimum atomic E-state index is -0.312. The molecule has 1 atom stereocenters. The number of nitrogens with one attached hydrogen (secondary N) is 3. The van der Waals surface area contributed by atoms with Crippen molar-refractivity contribution in [1.29, 1.82) is 0 Å². The Morgan fingerprint density at radius 1 is 1.17 bits per heavy atom. The van der Waals surface area contributed by atoms with E-state index in [2.05, 4.69) is 20.9 Å². The van der Waals surface area contributed by atoms with Gasteiger partial charge in [-0.15, -0.1) is 24.0 Å². The number of guanidine groups is 1. The number of anilines is 1. The van der Waals surface area contributed by atoms with Crippen molar-refractivity contribution in [3.05, 3.63) is 59.9 Å². The summed E-state index contributed by atoms with van der Waals surface area (Å²) in [7, 11) is 1.71. The molecule has 0 aromatic heterocycles. The van der Waals surface area contributed by atoms with Crippen LogP contribution >= 0.6 is 24.0 Å². The fraction of sp³-hybridized carbons (Fsp3) is 0.364. The number of hydrogen-bond acceptors (Lipinski definition) is 3. The van der Waals surface area contributed by atoms with Gasteiger partial charge >= 0.3 is 0 Å². The molecule has 30 heavy (non-hydrogen) atoms. The predicted octanol–water partition coefficient (Wildman–Crippen LogP) is 3.97. The Labute approximate surface area is 194 Å². The zero-order valence-corrected chi connectivity index (χ0v) is 19.9. The number of carbonyl (C=O) groups excluding carboxylic acids is 1. The van der Waals surface area contributed by atoms with Gasteiger partial charge in [-0.2, -0.15) is 0 Å². The van der Waals surface area contributed by atoms with Gasteiger partial charge in [-0.25, -0.2) is 4.39 Å². The highest BCUT2D eigenvalue weighted by Crippen LogP contribution is 2.14. The highest BCUT2D eigenvalue weighted by Gasteiger charge is 2.10. The van der Waals surface area contributed by atoms with Crippen LogP contribution in [0.1, 0.15) is 25.8 Å².